The SMILES string of the molecule is O=C1CCNCC12CCCSCC2. The Morgan fingerprint density at radius 3 is 3.08 bits per heavy atom. The molecule has 0 aromatic carbocycles. The lowest BCUT2D eigenvalue weighted by atomic mass is 9.74. The Morgan fingerprint density at radius 2 is 2.23 bits per heavy atom. The van der Waals surface area contributed by atoms with Crippen molar-refractivity contribution in [3.8, 4) is 0 Å². The Kier molecular flexibility index (Phi) is 2.94. The standard InChI is InChI=1S/C10H17NOS/c12-9-2-5-11-8-10(9)3-1-6-13-7-4-10/h11H,1-8H2. The Morgan fingerprint density at radius 1 is 1.31 bits per heavy atom. The Balaban J connectivity index is 2.09. The highest BCUT2D eigenvalue weighted by Gasteiger charge is 2.39. The molecule has 1 spiro atoms. The van der Waals surface area contributed by atoms with Crippen molar-refractivity contribution in [1.29, 1.82) is 0 Å². The van der Waals surface area contributed by atoms with Crippen molar-refractivity contribution in [1.82, 2.24) is 5.32 Å². The van der Waals surface area contributed by atoms with Crippen molar-refractivity contribution < 1.29 is 4.79 Å². The van der Waals surface area contributed by atoms with Crippen LogP contribution >= 0.6 is 11.8 Å². The van der Waals surface area contributed by atoms with E-state index < -0.39 is 0 Å². The number of ketones is 1. The lowest BCUT2D eigenvalue weighted by Gasteiger charge is -2.35. The highest BCUT2D eigenvalue weighted by atomic mass is 32.2. The number of hydrogen-bond acceptors (Lipinski definition) is 3. The van der Waals surface area contributed by atoms with E-state index in [9.17, 15) is 4.79 Å². The summed E-state index contributed by atoms with van der Waals surface area (Å²) < 4.78 is 0. The Labute approximate surface area is 83.8 Å². The Hall–Kier alpha value is -0.0200. The maximum absolute atomic E-state index is 11.9. The molecular formula is C10H17NOS. The molecule has 13 heavy (non-hydrogen) atoms. The fraction of sp³-hybridized carbons (Fsp3) is 0.900. The van der Waals surface area contributed by atoms with Crippen molar-refractivity contribution in [2.45, 2.75) is 25.7 Å². The van der Waals surface area contributed by atoms with Gasteiger partial charge >= 0.3 is 0 Å². The molecule has 1 unspecified atom stereocenters. The van der Waals surface area contributed by atoms with Gasteiger partial charge in [-0.3, -0.25) is 4.79 Å². The molecule has 0 saturated carbocycles. The zero-order valence-electron chi connectivity index (χ0n) is 7.97. The summed E-state index contributed by atoms with van der Waals surface area (Å²) in [5.74, 6) is 2.94. The second kappa shape index (κ2) is 4.01. The summed E-state index contributed by atoms with van der Waals surface area (Å²) in [5, 5.41) is 3.37. The van der Waals surface area contributed by atoms with Crippen molar-refractivity contribution >= 4 is 17.5 Å². The number of carbonyl (C=O) groups is 1. The molecule has 1 N–H and O–H groups in total. The van der Waals surface area contributed by atoms with Crippen LogP contribution in [0.3, 0.4) is 0 Å². The van der Waals surface area contributed by atoms with Crippen LogP contribution in [0.2, 0.25) is 0 Å². The van der Waals surface area contributed by atoms with Gasteiger partial charge in [-0.05, 0) is 30.8 Å². The first-order valence-electron chi connectivity index (χ1n) is 5.15. The first-order chi connectivity index (χ1) is 6.33. The van der Waals surface area contributed by atoms with Gasteiger partial charge in [-0.25, -0.2) is 0 Å². The molecule has 2 aliphatic heterocycles. The molecule has 2 rings (SSSR count). The summed E-state index contributed by atoms with van der Waals surface area (Å²) in [7, 11) is 0. The molecule has 1 atom stereocenters. The largest absolute Gasteiger partial charge is 0.315 e. The second-order valence-electron chi connectivity index (χ2n) is 4.10. The van der Waals surface area contributed by atoms with Crippen molar-refractivity contribution in [2.24, 2.45) is 5.41 Å². The molecule has 0 aromatic rings. The summed E-state index contributed by atoms with van der Waals surface area (Å²) in [4.78, 5) is 11.9. The van der Waals surface area contributed by atoms with Crippen LogP contribution in [0.1, 0.15) is 25.7 Å². The van der Waals surface area contributed by atoms with Gasteiger partial charge in [0.15, 0.2) is 0 Å². The molecule has 2 nitrogen and oxygen atoms in total. The summed E-state index contributed by atoms with van der Waals surface area (Å²) >= 11 is 2.01. The second-order valence-corrected chi connectivity index (χ2v) is 5.32. The number of rotatable bonds is 0. The first-order valence-corrected chi connectivity index (χ1v) is 6.31. The van der Waals surface area contributed by atoms with Crippen molar-refractivity contribution in [3.63, 3.8) is 0 Å². The minimum atomic E-state index is 0.0295. The number of carbonyl (C=O) groups excluding carboxylic acids is 1. The van der Waals surface area contributed by atoms with Gasteiger partial charge in [-0.1, -0.05) is 0 Å². The molecule has 0 aromatic heterocycles. The molecule has 0 amide bonds. The van der Waals surface area contributed by atoms with E-state index in [1.54, 1.807) is 0 Å². The fourth-order valence-corrected chi connectivity index (χ4v) is 3.44. The van der Waals surface area contributed by atoms with Crippen molar-refractivity contribution in [2.75, 3.05) is 24.6 Å². The molecule has 2 aliphatic rings. The highest BCUT2D eigenvalue weighted by molar-refractivity contribution is 7.99. The van der Waals surface area contributed by atoms with E-state index in [0.29, 0.717) is 5.78 Å². The van der Waals surface area contributed by atoms with E-state index in [4.69, 9.17) is 0 Å². The minimum Gasteiger partial charge on any atom is -0.315 e. The smallest absolute Gasteiger partial charge is 0.141 e. The van der Waals surface area contributed by atoms with Gasteiger partial charge in [0.1, 0.15) is 5.78 Å². The Bertz CT molecular complexity index is 197. The predicted octanol–water partition coefficient (Wildman–Crippen LogP) is 1.45. The normalized spacial score (nSPS) is 36.2. The van der Waals surface area contributed by atoms with E-state index in [1.165, 1.54) is 17.9 Å². The van der Waals surface area contributed by atoms with Crippen LogP contribution in [0, 0.1) is 5.41 Å². The quantitative estimate of drug-likeness (QED) is 0.640. The average Bonchev–Trinajstić information content (AvgIpc) is 2.37. The highest BCUT2D eigenvalue weighted by Crippen LogP contribution is 2.36. The van der Waals surface area contributed by atoms with Crippen LogP contribution in [-0.2, 0) is 4.79 Å². The van der Waals surface area contributed by atoms with Crippen LogP contribution in [0.15, 0.2) is 0 Å². The number of Topliss-reactive ketones (excluding diaryl/α,β-unsaturated/α-hetero) is 1. The van der Waals surface area contributed by atoms with Gasteiger partial charge in [0, 0.05) is 24.9 Å². The number of thioether (sulfide) groups is 1. The first kappa shape index (κ1) is 9.53. The molecule has 0 bridgehead atoms. The summed E-state index contributed by atoms with van der Waals surface area (Å²) in [5.41, 5.74) is 0.0295. The zero-order chi connectivity index (χ0) is 9.15. The summed E-state index contributed by atoms with van der Waals surface area (Å²) in [6.45, 7) is 1.83. The van der Waals surface area contributed by atoms with E-state index >= 15 is 0 Å². The third-order valence-electron chi connectivity index (χ3n) is 3.25. The van der Waals surface area contributed by atoms with Gasteiger partial charge in [0.2, 0.25) is 0 Å². The maximum Gasteiger partial charge on any atom is 0.141 e. The molecule has 2 heterocycles. The van der Waals surface area contributed by atoms with Crippen LogP contribution in [0.5, 0.6) is 0 Å². The van der Waals surface area contributed by atoms with Gasteiger partial charge in [0.25, 0.3) is 0 Å². The minimum absolute atomic E-state index is 0.0295. The molecule has 0 radical (unpaired) electrons. The number of hydrogen-bond donors (Lipinski definition) is 1. The lowest BCUT2D eigenvalue weighted by molar-refractivity contribution is -0.130. The summed E-state index contributed by atoms with van der Waals surface area (Å²) in [6, 6.07) is 0. The molecule has 0 aliphatic carbocycles. The molecular weight excluding hydrogens is 182 g/mol. The van der Waals surface area contributed by atoms with E-state index in [0.717, 1.165) is 32.4 Å². The van der Waals surface area contributed by atoms with E-state index in [1.807, 2.05) is 11.8 Å². The van der Waals surface area contributed by atoms with Crippen LogP contribution in [-0.4, -0.2) is 30.4 Å². The molecule has 2 saturated heterocycles. The third-order valence-corrected chi connectivity index (χ3v) is 4.32. The van der Waals surface area contributed by atoms with Crippen LogP contribution < -0.4 is 5.32 Å². The third kappa shape index (κ3) is 1.91. The van der Waals surface area contributed by atoms with Gasteiger partial charge in [-0.2, -0.15) is 11.8 Å². The topological polar surface area (TPSA) is 29.1 Å². The summed E-state index contributed by atoms with van der Waals surface area (Å²) in [6.07, 6.45) is 4.19. The van der Waals surface area contributed by atoms with E-state index in [-0.39, 0.29) is 5.41 Å². The molecule has 74 valence electrons. The van der Waals surface area contributed by atoms with Crippen LogP contribution in [0.4, 0.5) is 0 Å². The molecule has 2 fully saturated rings. The van der Waals surface area contributed by atoms with Gasteiger partial charge < -0.3 is 5.32 Å². The monoisotopic (exact) mass is 199 g/mol. The number of nitrogens with one attached hydrogen (secondary N) is 1. The van der Waals surface area contributed by atoms with Crippen LogP contribution in [0.25, 0.3) is 0 Å². The number of piperidine rings is 1. The lowest BCUT2D eigenvalue weighted by Crippen LogP contribution is -2.47. The fourth-order valence-electron chi connectivity index (χ4n) is 2.36. The zero-order valence-corrected chi connectivity index (χ0v) is 8.79. The maximum atomic E-state index is 11.9. The van der Waals surface area contributed by atoms with Gasteiger partial charge in [-0.15, -0.1) is 0 Å². The average molecular weight is 199 g/mol. The van der Waals surface area contributed by atoms with Crippen molar-refractivity contribution in [3.05, 3.63) is 0 Å². The molecule has 3 heteroatoms. The van der Waals surface area contributed by atoms with E-state index in [2.05, 4.69) is 5.32 Å². The van der Waals surface area contributed by atoms with Gasteiger partial charge in [0.05, 0.1) is 0 Å². The predicted molar refractivity (Wildman–Crippen MR) is 56.1 cm³/mol.